The van der Waals surface area contributed by atoms with Gasteiger partial charge in [-0.2, -0.15) is 0 Å². The number of halogens is 1. The van der Waals surface area contributed by atoms with Gasteiger partial charge in [0.2, 0.25) is 0 Å². The standard InChI is InChI=1S/C8H9BrO2S2/c1-12-7-5-6(9)3-4-8(7)13(2,10)11/h3-5H,1-2H3. The number of thioether (sulfide) groups is 1. The SMILES string of the molecule is CSc1cc(Br)ccc1S(C)(=O)=O. The van der Waals surface area contributed by atoms with E-state index in [0.717, 1.165) is 9.37 Å². The molecular formula is C8H9BrO2S2. The summed E-state index contributed by atoms with van der Waals surface area (Å²) in [5, 5.41) is 0. The van der Waals surface area contributed by atoms with Crippen molar-refractivity contribution >= 4 is 37.5 Å². The molecule has 5 heteroatoms. The molecular weight excluding hydrogens is 272 g/mol. The summed E-state index contributed by atoms with van der Waals surface area (Å²) in [7, 11) is -3.10. The van der Waals surface area contributed by atoms with Gasteiger partial charge in [0.1, 0.15) is 0 Å². The molecule has 13 heavy (non-hydrogen) atoms. The van der Waals surface area contributed by atoms with Crippen LogP contribution in [0.5, 0.6) is 0 Å². The normalized spacial score (nSPS) is 11.6. The molecule has 0 aromatic heterocycles. The number of rotatable bonds is 2. The molecule has 0 fully saturated rings. The lowest BCUT2D eigenvalue weighted by Crippen LogP contribution is -1.98. The summed E-state index contributed by atoms with van der Waals surface area (Å²) in [6, 6.07) is 5.16. The molecule has 72 valence electrons. The summed E-state index contributed by atoms with van der Waals surface area (Å²) in [6.07, 6.45) is 3.08. The maximum atomic E-state index is 11.3. The van der Waals surface area contributed by atoms with E-state index in [0.29, 0.717) is 4.90 Å². The lowest BCUT2D eigenvalue weighted by Gasteiger charge is -2.04. The zero-order valence-corrected chi connectivity index (χ0v) is 10.5. The fraction of sp³-hybridized carbons (Fsp3) is 0.250. The van der Waals surface area contributed by atoms with Crippen molar-refractivity contribution in [1.82, 2.24) is 0 Å². The summed E-state index contributed by atoms with van der Waals surface area (Å²) < 4.78 is 23.5. The van der Waals surface area contributed by atoms with Crippen LogP contribution in [0, 0.1) is 0 Å². The van der Waals surface area contributed by atoms with Crippen LogP contribution in [-0.2, 0) is 9.84 Å². The first-order valence-corrected chi connectivity index (χ1v) is 7.39. The highest BCUT2D eigenvalue weighted by Crippen LogP contribution is 2.27. The zero-order chi connectivity index (χ0) is 10.1. The van der Waals surface area contributed by atoms with Crippen LogP contribution in [0.4, 0.5) is 0 Å². The van der Waals surface area contributed by atoms with Gasteiger partial charge in [0.15, 0.2) is 9.84 Å². The Bertz CT molecular complexity index is 412. The van der Waals surface area contributed by atoms with E-state index in [9.17, 15) is 8.42 Å². The van der Waals surface area contributed by atoms with Crippen LogP contribution in [0.2, 0.25) is 0 Å². The predicted molar refractivity (Wildman–Crippen MR) is 59.0 cm³/mol. The highest BCUT2D eigenvalue weighted by molar-refractivity contribution is 9.10. The van der Waals surface area contributed by atoms with Gasteiger partial charge in [0.25, 0.3) is 0 Å². The van der Waals surface area contributed by atoms with Crippen molar-refractivity contribution < 1.29 is 8.42 Å². The van der Waals surface area contributed by atoms with Crippen molar-refractivity contribution in [3.63, 3.8) is 0 Å². The van der Waals surface area contributed by atoms with E-state index in [-0.39, 0.29) is 0 Å². The van der Waals surface area contributed by atoms with Crippen LogP contribution >= 0.6 is 27.7 Å². The number of benzene rings is 1. The molecule has 0 atom stereocenters. The van der Waals surface area contributed by atoms with Crippen LogP contribution < -0.4 is 0 Å². The minimum atomic E-state index is -3.10. The minimum Gasteiger partial charge on any atom is -0.224 e. The van der Waals surface area contributed by atoms with Gasteiger partial charge in [0.05, 0.1) is 4.90 Å². The van der Waals surface area contributed by atoms with E-state index in [1.54, 1.807) is 18.2 Å². The molecule has 1 aromatic carbocycles. The van der Waals surface area contributed by atoms with Gasteiger partial charge in [-0.1, -0.05) is 15.9 Å². The third-order valence-corrected chi connectivity index (χ3v) is 4.08. The second-order valence-corrected chi connectivity index (χ2v) is 6.32. The van der Waals surface area contributed by atoms with Crippen molar-refractivity contribution in [3.8, 4) is 0 Å². The van der Waals surface area contributed by atoms with Gasteiger partial charge < -0.3 is 0 Å². The monoisotopic (exact) mass is 280 g/mol. The van der Waals surface area contributed by atoms with Crippen molar-refractivity contribution in [1.29, 1.82) is 0 Å². The van der Waals surface area contributed by atoms with Gasteiger partial charge in [-0.05, 0) is 24.5 Å². The van der Waals surface area contributed by atoms with Crippen molar-refractivity contribution in [2.75, 3.05) is 12.5 Å². The smallest absolute Gasteiger partial charge is 0.176 e. The molecule has 0 spiro atoms. The highest BCUT2D eigenvalue weighted by atomic mass is 79.9. The van der Waals surface area contributed by atoms with Crippen LogP contribution in [0.3, 0.4) is 0 Å². The third kappa shape index (κ3) is 2.72. The van der Waals surface area contributed by atoms with Crippen molar-refractivity contribution in [2.45, 2.75) is 9.79 Å². The molecule has 1 rings (SSSR count). The fourth-order valence-corrected chi connectivity index (χ4v) is 3.42. The molecule has 0 N–H and O–H groups in total. The lowest BCUT2D eigenvalue weighted by molar-refractivity contribution is 0.600. The molecule has 0 saturated carbocycles. The number of sulfone groups is 1. The Balaban J connectivity index is 3.39. The van der Waals surface area contributed by atoms with Crippen LogP contribution in [-0.4, -0.2) is 20.9 Å². The summed E-state index contributed by atoms with van der Waals surface area (Å²) in [5.41, 5.74) is 0. The molecule has 0 unspecified atom stereocenters. The van der Waals surface area contributed by atoms with E-state index in [1.807, 2.05) is 6.26 Å². The van der Waals surface area contributed by atoms with Crippen LogP contribution in [0.15, 0.2) is 32.5 Å². The van der Waals surface area contributed by atoms with Gasteiger partial charge in [-0.25, -0.2) is 8.42 Å². The Hall–Kier alpha value is -0.000000000000000111. The van der Waals surface area contributed by atoms with E-state index in [4.69, 9.17) is 0 Å². The van der Waals surface area contributed by atoms with Crippen molar-refractivity contribution in [2.24, 2.45) is 0 Å². The van der Waals surface area contributed by atoms with E-state index in [1.165, 1.54) is 18.0 Å². The van der Waals surface area contributed by atoms with Gasteiger partial charge in [0, 0.05) is 15.6 Å². The maximum Gasteiger partial charge on any atom is 0.176 e. The van der Waals surface area contributed by atoms with Gasteiger partial charge in [-0.15, -0.1) is 11.8 Å². The quantitative estimate of drug-likeness (QED) is 0.781. The largest absolute Gasteiger partial charge is 0.224 e. The average Bonchev–Trinajstić information content (AvgIpc) is 2.01. The van der Waals surface area contributed by atoms with E-state index in [2.05, 4.69) is 15.9 Å². The second kappa shape index (κ2) is 4.02. The average molecular weight is 281 g/mol. The Labute approximate surface area is 90.8 Å². The van der Waals surface area contributed by atoms with Gasteiger partial charge >= 0.3 is 0 Å². The highest BCUT2D eigenvalue weighted by Gasteiger charge is 2.12. The van der Waals surface area contributed by atoms with Crippen LogP contribution in [0.1, 0.15) is 0 Å². The third-order valence-electron chi connectivity index (χ3n) is 1.53. The summed E-state index contributed by atoms with van der Waals surface area (Å²) in [4.78, 5) is 1.17. The first-order chi connectivity index (χ1) is 5.95. The summed E-state index contributed by atoms with van der Waals surface area (Å²) in [5.74, 6) is 0. The van der Waals surface area contributed by atoms with E-state index >= 15 is 0 Å². The van der Waals surface area contributed by atoms with E-state index < -0.39 is 9.84 Å². The molecule has 0 bridgehead atoms. The lowest BCUT2D eigenvalue weighted by atomic mass is 10.4. The first-order valence-electron chi connectivity index (χ1n) is 3.49. The Kier molecular flexibility index (Phi) is 3.43. The topological polar surface area (TPSA) is 34.1 Å². The zero-order valence-electron chi connectivity index (χ0n) is 7.24. The number of hydrogen-bond acceptors (Lipinski definition) is 3. The molecule has 0 aliphatic heterocycles. The first kappa shape index (κ1) is 11.1. The molecule has 0 radical (unpaired) electrons. The maximum absolute atomic E-state index is 11.3. The Morgan fingerprint density at radius 3 is 2.46 bits per heavy atom. The molecule has 0 saturated heterocycles. The second-order valence-electron chi connectivity index (χ2n) is 2.57. The summed E-state index contributed by atoms with van der Waals surface area (Å²) in [6.45, 7) is 0. The Morgan fingerprint density at radius 1 is 1.38 bits per heavy atom. The van der Waals surface area contributed by atoms with Crippen LogP contribution in [0.25, 0.3) is 0 Å². The predicted octanol–water partition coefficient (Wildman–Crippen LogP) is 2.57. The minimum absolute atomic E-state index is 0.392. The molecule has 0 aliphatic rings. The summed E-state index contributed by atoms with van der Waals surface area (Å²) >= 11 is 4.72. The Morgan fingerprint density at radius 2 is 2.00 bits per heavy atom. The molecule has 1 aromatic rings. The fourth-order valence-electron chi connectivity index (χ4n) is 0.948. The molecule has 0 heterocycles. The van der Waals surface area contributed by atoms with Gasteiger partial charge in [-0.3, -0.25) is 0 Å². The molecule has 2 nitrogen and oxygen atoms in total. The van der Waals surface area contributed by atoms with Crippen molar-refractivity contribution in [3.05, 3.63) is 22.7 Å². The molecule has 0 aliphatic carbocycles. The molecule has 0 amide bonds. The number of hydrogen-bond donors (Lipinski definition) is 0.